The highest BCUT2D eigenvalue weighted by Gasteiger charge is 2.23. The van der Waals surface area contributed by atoms with E-state index >= 15 is 0 Å². The molecule has 0 radical (unpaired) electrons. The highest BCUT2D eigenvalue weighted by Crippen LogP contribution is 2.21. The summed E-state index contributed by atoms with van der Waals surface area (Å²) in [5.41, 5.74) is 0.876. The van der Waals surface area contributed by atoms with Gasteiger partial charge >= 0.3 is 0 Å². The lowest BCUT2D eigenvalue weighted by Gasteiger charge is -2.13. The average molecular weight is 444 g/mol. The van der Waals surface area contributed by atoms with Crippen molar-refractivity contribution in [3.63, 3.8) is 0 Å². The Hall–Kier alpha value is -3.24. The quantitative estimate of drug-likeness (QED) is 0.583. The first-order valence-electron chi connectivity index (χ1n) is 9.76. The number of benzene rings is 1. The fraction of sp³-hybridized carbons (Fsp3) is 0.238. The van der Waals surface area contributed by atoms with Crippen LogP contribution in [0.2, 0.25) is 0 Å². The standard InChI is InChI=1S/C21H21FN4O4S/c22-16-3-5-17(6-4-16)30-20-11-15(7-8-23-20)13-25-31(28,29)18-12-19(24-14-18)21(27)26-9-1-2-10-26/h3-8,11-12,14,24-25H,1-2,9-10,13H2. The van der Waals surface area contributed by atoms with Crippen LogP contribution in [0, 0.1) is 5.82 Å². The third-order valence-corrected chi connectivity index (χ3v) is 6.27. The third-order valence-electron chi connectivity index (χ3n) is 4.89. The minimum absolute atomic E-state index is 0.00517. The monoisotopic (exact) mass is 444 g/mol. The molecule has 2 aromatic heterocycles. The van der Waals surface area contributed by atoms with Gasteiger partial charge in [-0.15, -0.1) is 0 Å². The number of rotatable bonds is 7. The average Bonchev–Trinajstić information content (AvgIpc) is 3.47. The summed E-state index contributed by atoms with van der Waals surface area (Å²) in [5, 5.41) is 0. The van der Waals surface area contributed by atoms with E-state index in [9.17, 15) is 17.6 Å². The molecule has 0 aliphatic carbocycles. The lowest BCUT2D eigenvalue weighted by molar-refractivity contribution is 0.0787. The first-order chi connectivity index (χ1) is 14.9. The first kappa shape index (κ1) is 21.0. The number of hydrogen-bond donors (Lipinski definition) is 2. The molecule has 3 aromatic rings. The van der Waals surface area contributed by atoms with Crippen molar-refractivity contribution >= 4 is 15.9 Å². The highest BCUT2D eigenvalue weighted by atomic mass is 32.2. The molecule has 10 heteroatoms. The molecular weight excluding hydrogens is 423 g/mol. The first-order valence-corrected chi connectivity index (χ1v) is 11.2. The molecule has 1 aliphatic rings. The van der Waals surface area contributed by atoms with Crippen LogP contribution < -0.4 is 9.46 Å². The zero-order chi connectivity index (χ0) is 21.8. The lowest BCUT2D eigenvalue weighted by atomic mass is 10.3. The molecule has 3 heterocycles. The summed E-state index contributed by atoms with van der Waals surface area (Å²) < 4.78 is 46.3. The van der Waals surface area contributed by atoms with Crippen LogP contribution in [0.5, 0.6) is 11.6 Å². The predicted molar refractivity (Wildman–Crippen MR) is 111 cm³/mol. The van der Waals surface area contributed by atoms with Crippen LogP contribution in [0.1, 0.15) is 28.9 Å². The van der Waals surface area contributed by atoms with E-state index < -0.39 is 10.0 Å². The van der Waals surface area contributed by atoms with Gasteiger partial charge in [0.05, 0.1) is 0 Å². The molecule has 0 atom stereocenters. The van der Waals surface area contributed by atoms with Gasteiger partial charge in [0.15, 0.2) is 0 Å². The van der Waals surface area contributed by atoms with Gasteiger partial charge in [-0.3, -0.25) is 4.79 Å². The van der Waals surface area contributed by atoms with Crippen molar-refractivity contribution in [1.82, 2.24) is 19.6 Å². The maximum absolute atomic E-state index is 13.0. The van der Waals surface area contributed by atoms with E-state index in [1.54, 1.807) is 17.0 Å². The molecular formula is C21H21FN4O4S. The number of H-pyrrole nitrogens is 1. The molecule has 31 heavy (non-hydrogen) atoms. The van der Waals surface area contributed by atoms with Gasteiger partial charge in [-0.1, -0.05) is 0 Å². The van der Waals surface area contributed by atoms with Crippen LogP contribution in [0.25, 0.3) is 0 Å². The predicted octanol–water partition coefficient (Wildman–Crippen LogP) is 3.06. The lowest BCUT2D eigenvalue weighted by Crippen LogP contribution is -2.27. The van der Waals surface area contributed by atoms with Gasteiger partial charge in [-0.05, 0) is 54.8 Å². The van der Waals surface area contributed by atoms with Crippen LogP contribution in [-0.2, 0) is 16.6 Å². The van der Waals surface area contributed by atoms with Gasteiger partial charge < -0.3 is 14.6 Å². The smallest absolute Gasteiger partial charge is 0.270 e. The van der Waals surface area contributed by atoms with Crippen LogP contribution in [0.4, 0.5) is 4.39 Å². The molecule has 1 amide bonds. The summed E-state index contributed by atoms with van der Waals surface area (Å²) in [4.78, 5) is 20.9. The van der Waals surface area contributed by atoms with Crippen molar-refractivity contribution in [2.75, 3.05) is 13.1 Å². The Bertz CT molecular complexity index is 1170. The molecule has 0 unspecified atom stereocenters. The highest BCUT2D eigenvalue weighted by molar-refractivity contribution is 7.89. The summed E-state index contributed by atoms with van der Waals surface area (Å²) in [6, 6.07) is 10.1. The minimum Gasteiger partial charge on any atom is -0.439 e. The molecule has 0 saturated carbocycles. The van der Waals surface area contributed by atoms with E-state index in [4.69, 9.17) is 4.74 Å². The fourth-order valence-electron chi connectivity index (χ4n) is 3.24. The number of amides is 1. The van der Waals surface area contributed by atoms with Crippen molar-refractivity contribution in [1.29, 1.82) is 0 Å². The van der Waals surface area contributed by atoms with E-state index in [1.807, 2.05) is 0 Å². The number of halogens is 1. The molecule has 2 N–H and O–H groups in total. The van der Waals surface area contributed by atoms with Crippen LogP contribution in [0.15, 0.2) is 59.8 Å². The maximum atomic E-state index is 13.0. The summed E-state index contributed by atoms with van der Waals surface area (Å²) >= 11 is 0. The topological polar surface area (TPSA) is 104 Å². The Morgan fingerprint density at radius 1 is 1.16 bits per heavy atom. The van der Waals surface area contributed by atoms with Crippen molar-refractivity contribution in [2.45, 2.75) is 24.3 Å². The number of sulfonamides is 1. The molecule has 1 aliphatic heterocycles. The Morgan fingerprint density at radius 2 is 1.90 bits per heavy atom. The summed E-state index contributed by atoms with van der Waals surface area (Å²) in [6.07, 6.45) is 4.71. The number of carbonyl (C=O) groups is 1. The van der Waals surface area contributed by atoms with Gasteiger partial charge in [-0.25, -0.2) is 22.5 Å². The number of nitrogens with one attached hydrogen (secondary N) is 2. The zero-order valence-electron chi connectivity index (χ0n) is 16.5. The van der Waals surface area contributed by atoms with Gasteiger partial charge in [0, 0.05) is 38.1 Å². The second-order valence-electron chi connectivity index (χ2n) is 7.13. The van der Waals surface area contributed by atoms with Crippen molar-refractivity contribution < 1.29 is 22.3 Å². The molecule has 0 bridgehead atoms. The largest absolute Gasteiger partial charge is 0.439 e. The molecule has 162 valence electrons. The van der Waals surface area contributed by atoms with Crippen LogP contribution in [0.3, 0.4) is 0 Å². The van der Waals surface area contributed by atoms with E-state index in [1.165, 1.54) is 42.7 Å². The Morgan fingerprint density at radius 3 is 2.65 bits per heavy atom. The molecule has 4 rings (SSSR count). The number of aromatic amines is 1. The van der Waals surface area contributed by atoms with Crippen LogP contribution in [-0.4, -0.2) is 42.3 Å². The zero-order valence-corrected chi connectivity index (χ0v) is 17.4. The molecule has 1 aromatic carbocycles. The van der Waals surface area contributed by atoms with E-state index in [-0.39, 0.29) is 34.7 Å². The van der Waals surface area contributed by atoms with Crippen molar-refractivity contribution in [3.05, 3.63) is 71.9 Å². The molecule has 1 fully saturated rings. The van der Waals surface area contributed by atoms with Crippen molar-refractivity contribution in [2.24, 2.45) is 0 Å². The number of pyridine rings is 1. The van der Waals surface area contributed by atoms with Crippen LogP contribution >= 0.6 is 0 Å². The number of ether oxygens (including phenoxy) is 1. The second kappa shape index (κ2) is 8.86. The van der Waals surface area contributed by atoms with E-state index in [2.05, 4.69) is 14.7 Å². The third kappa shape index (κ3) is 5.09. The Kier molecular flexibility index (Phi) is 6.01. The number of carbonyl (C=O) groups excluding carboxylic acids is 1. The fourth-order valence-corrected chi connectivity index (χ4v) is 4.26. The van der Waals surface area contributed by atoms with Gasteiger partial charge in [-0.2, -0.15) is 0 Å². The SMILES string of the molecule is O=C(c1cc(S(=O)(=O)NCc2ccnc(Oc3ccc(F)cc3)c2)c[nH]1)N1CCCC1. The number of hydrogen-bond acceptors (Lipinski definition) is 5. The second-order valence-corrected chi connectivity index (χ2v) is 8.90. The van der Waals surface area contributed by atoms with E-state index in [0.29, 0.717) is 24.4 Å². The summed E-state index contributed by atoms with van der Waals surface area (Å²) in [6.45, 7) is 1.37. The van der Waals surface area contributed by atoms with Crippen molar-refractivity contribution in [3.8, 4) is 11.6 Å². The number of aromatic nitrogens is 2. The Labute approximate surface area is 179 Å². The van der Waals surface area contributed by atoms with Gasteiger partial charge in [0.25, 0.3) is 5.91 Å². The summed E-state index contributed by atoms with van der Waals surface area (Å²) in [7, 11) is -3.83. The van der Waals surface area contributed by atoms with Gasteiger partial charge in [0.1, 0.15) is 22.2 Å². The number of nitrogens with zero attached hydrogens (tertiary/aromatic N) is 2. The normalized spacial score (nSPS) is 14.0. The summed E-state index contributed by atoms with van der Waals surface area (Å²) in [5.74, 6) is 0.0896. The minimum atomic E-state index is -3.83. The maximum Gasteiger partial charge on any atom is 0.270 e. The molecule has 0 spiro atoms. The van der Waals surface area contributed by atoms with Gasteiger partial charge in [0.2, 0.25) is 15.9 Å². The Balaban J connectivity index is 1.40. The molecule has 8 nitrogen and oxygen atoms in total. The molecule has 1 saturated heterocycles. The number of likely N-dealkylation sites (tertiary alicyclic amines) is 1. The van der Waals surface area contributed by atoms with E-state index in [0.717, 1.165) is 12.8 Å².